The van der Waals surface area contributed by atoms with Crippen LogP contribution in [0.3, 0.4) is 0 Å². The summed E-state index contributed by atoms with van der Waals surface area (Å²) in [5, 5.41) is 11.3. The van der Waals surface area contributed by atoms with Crippen molar-refractivity contribution in [3.05, 3.63) is 35.4 Å². The van der Waals surface area contributed by atoms with Gasteiger partial charge in [-0.25, -0.2) is 0 Å². The van der Waals surface area contributed by atoms with E-state index in [2.05, 4.69) is 24.3 Å². The van der Waals surface area contributed by atoms with E-state index in [1.54, 1.807) is 0 Å². The Balaban J connectivity index is 1.94. The number of benzene rings is 1. The maximum Gasteiger partial charge on any atom is 0.0927 e. The molecular weight excluding hydrogens is 220 g/mol. The highest BCUT2D eigenvalue weighted by molar-refractivity contribution is 5.35. The molecule has 0 bridgehead atoms. The van der Waals surface area contributed by atoms with E-state index in [1.165, 1.54) is 49.7 Å². The quantitative estimate of drug-likeness (QED) is 0.735. The SMILES string of the molecule is OC1(C2CCCCCC2)CCCc2ccccc21. The summed E-state index contributed by atoms with van der Waals surface area (Å²) in [7, 11) is 0. The van der Waals surface area contributed by atoms with Gasteiger partial charge in [0.05, 0.1) is 5.60 Å². The van der Waals surface area contributed by atoms with Crippen LogP contribution in [0, 0.1) is 5.92 Å². The summed E-state index contributed by atoms with van der Waals surface area (Å²) in [5.41, 5.74) is 2.10. The Morgan fingerprint density at radius 3 is 2.44 bits per heavy atom. The summed E-state index contributed by atoms with van der Waals surface area (Å²) in [6, 6.07) is 8.57. The van der Waals surface area contributed by atoms with Gasteiger partial charge < -0.3 is 5.11 Å². The van der Waals surface area contributed by atoms with Crippen LogP contribution in [0.5, 0.6) is 0 Å². The largest absolute Gasteiger partial charge is 0.385 e. The number of hydrogen-bond acceptors (Lipinski definition) is 1. The van der Waals surface area contributed by atoms with E-state index in [-0.39, 0.29) is 0 Å². The van der Waals surface area contributed by atoms with Crippen molar-refractivity contribution in [1.82, 2.24) is 0 Å². The Morgan fingerprint density at radius 1 is 0.944 bits per heavy atom. The van der Waals surface area contributed by atoms with E-state index in [1.807, 2.05) is 0 Å². The monoisotopic (exact) mass is 244 g/mol. The van der Waals surface area contributed by atoms with Crippen molar-refractivity contribution in [2.24, 2.45) is 5.92 Å². The van der Waals surface area contributed by atoms with Gasteiger partial charge in [-0.3, -0.25) is 0 Å². The molecule has 1 N–H and O–H groups in total. The molecule has 1 aromatic carbocycles. The number of hydrogen-bond donors (Lipinski definition) is 1. The highest BCUT2D eigenvalue weighted by atomic mass is 16.3. The molecule has 1 unspecified atom stereocenters. The van der Waals surface area contributed by atoms with Gasteiger partial charge >= 0.3 is 0 Å². The molecule has 2 aliphatic carbocycles. The molecule has 98 valence electrons. The lowest BCUT2D eigenvalue weighted by molar-refractivity contribution is -0.0452. The minimum Gasteiger partial charge on any atom is -0.385 e. The second-order valence-corrected chi connectivity index (χ2v) is 6.12. The standard InChI is InChI=1S/C17H24O/c18-17(15-10-3-1-2-4-11-15)13-7-9-14-8-5-6-12-16(14)17/h5-6,8,12,15,18H,1-4,7,9-11,13H2. The van der Waals surface area contributed by atoms with Crippen molar-refractivity contribution < 1.29 is 5.11 Å². The molecule has 1 fully saturated rings. The molecule has 1 nitrogen and oxygen atoms in total. The molecule has 0 saturated heterocycles. The molecule has 1 atom stereocenters. The van der Waals surface area contributed by atoms with E-state index >= 15 is 0 Å². The number of fused-ring (bicyclic) bond motifs is 1. The van der Waals surface area contributed by atoms with Crippen molar-refractivity contribution in [3.63, 3.8) is 0 Å². The van der Waals surface area contributed by atoms with Crippen LogP contribution in [-0.4, -0.2) is 5.11 Å². The summed E-state index contributed by atoms with van der Waals surface area (Å²) in [6.45, 7) is 0. The second kappa shape index (κ2) is 5.05. The molecular formula is C17H24O. The normalized spacial score (nSPS) is 29.6. The van der Waals surface area contributed by atoms with Crippen LogP contribution in [0.1, 0.15) is 62.5 Å². The predicted octanol–water partition coefficient (Wildman–Crippen LogP) is 4.18. The Hall–Kier alpha value is -0.820. The van der Waals surface area contributed by atoms with Crippen LogP contribution in [0.15, 0.2) is 24.3 Å². The smallest absolute Gasteiger partial charge is 0.0927 e. The average Bonchev–Trinajstić information content (AvgIpc) is 2.69. The van der Waals surface area contributed by atoms with E-state index < -0.39 is 5.60 Å². The average molecular weight is 244 g/mol. The zero-order valence-electron chi connectivity index (χ0n) is 11.2. The van der Waals surface area contributed by atoms with E-state index in [0.717, 1.165) is 19.3 Å². The topological polar surface area (TPSA) is 20.2 Å². The predicted molar refractivity (Wildman–Crippen MR) is 74.5 cm³/mol. The van der Waals surface area contributed by atoms with Crippen molar-refractivity contribution in [2.75, 3.05) is 0 Å². The fraction of sp³-hybridized carbons (Fsp3) is 0.647. The molecule has 0 aliphatic heterocycles. The summed E-state index contributed by atoms with van der Waals surface area (Å²) in [6.07, 6.45) is 11.0. The van der Waals surface area contributed by atoms with Gasteiger partial charge in [0.15, 0.2) is 0 Å². The van der Waals surface area contributed by atoms with Gasteiger partial charge in [0.1, 0.15) is 0 Å². The third kappa shape index (κ3) is 2.09. The second-order valence-electron chi connectivity index (χ2n) is 6.12. The van der Waals surface area contributed by atoms with Gasteiger partial charge in [-0.2, -0.15) is 0 Å². The van der Waals surface area contributed by atoms with E-state index in [9.17, 15) is 5.11 Å². The van der Waals surface area contributed by atoms with Crippen LogP contribution >= 0.6 is 0 Å². The number of aliphatic hydroxyl groups is 1. The molecule has 0 heterocycles. The summed E-state index contributed by atoms with van der Waals surface area (Å²) < 4.78 is 0. The van der Waals surface area contributed by atoms with Crippen LogP contribution in [0.2, 0.25) is 0 Å². The van der Waals surface area contributed by atoms with Crippen molar-refractivity contribution >= 4 is 0 Å². The fourth-order valence-electron chi connectivity index (χ4n) is 4.02. The summed E-state index contributed by atoms with van der Waals surface area (Å²) >= 11 is 0. The van der Waals surface area contributed by atoms with Gasteiger partial charge in [-0.1, -0.05) is 49.9 Å². The third-order valence-electron chi connectivity index (χ3n) is 5.02. The van der Waals surface area contributed by atoms with Crippen LogP contribution in [0.25, 0.3) is 0 Å². The lowest BCUT2D eigenvalue weighted by Crippen LogP contribution is -2.38. The Morgan fingerprint density at radius 2 is 1.67 bits per heavy atom. The highest BCUT2D eigenvalue weighted by Crippen LogP contribution is 2.45. The van der Waals surface area contributed by atoms with E-state index in [4.69, 9.17) is 0 Å². The van der Waals surface area contributed by atoms with Gasteiger partial charge in [0.25, 0.3) is 0 Å². The van der Waals surface area contributed by atoms with Crippen molar-refractivity contribution in [3.8, 4) is 0 Å². The van der Waals surface area contributed by atoms with Crippen LogP contribution < -0.4 is 0 Å². The van der Waals surface area contributed by atoms with Gasteiger partial charge in [-0.05, 0) is 49.1 Å². The maximum atomic E-state index is 11.3. The Kier molecular flexibility index (Phi) is 3.43. The molecule has 0 spiro atoms. The first-order valence-corrected chi connectivity index (χ1v) is 7.61. The summed E-state index contributed by atoms with van der Waals surface area (Å²) in [4.78, 5) is 0. The minimum absolute atomic E-state index is 0.487. The minimum atomic E-state index is -0.529. The Bertz CT molecular complexity index is 404. The zero-order chi connectivity index (χ0) is 12.4. The molecule has 0 radical (unpaired) electrons. The number of aryl methyl sites for hydroxylation is 1. The van der Waals surface area contributed by atoms with Gasteiger partial charge in [0.2, 0.25) is 0 Å². The first-order chi connectivity index (χ1) is 8.81. The first kappa shape index (κ1) is 12.2. The highest BCUT2D eigenvalue weighted by Gasteiger charge is 2.40. The molecule has 3 rings (SSSR count). The molecule has 2 aliphatic rings. The lowest BCUT2D eigenvalue weighted by atomic mass is 9.69. The maximum absolute atomic E-state index is 11.3. The van der Waals surface area contributed by atoms with Crippen molar-refractivity contribution in [2.45, 2.75) is 63.4 Å². The molecule has 1 saturated carbocycles. The summed E-state index contributed by atoms with van der Waals surface area (Å²) in [5.74, 6) is 0.487. The Labute approximate surface area is 110 Å². The molecule has 18 heavy (non-hydrogen) atoms. The zero-order valence-corrected chi connectivity index (χ0v) is 11.2. The number of rotatable bonds is 1. The lowest BCUT2D eigenvalue weighted by Gasteiger charge is -2.40. The molecule has 0 amide bonds. The first-order valence-electron chi connectivity index (χ1n) is 7.61. The van der Waals surface area contributed by atoms with Crippen molar-refractivity contribution in [1.29, 1.82) is 0 Å². The fourth-order valence-corrected chi connectivity index (χ4v) is 4.02. The van der Waals surface area contributed by atoms with Gasteiger partial charge in [0, 0.05) is 0 Å². The molecule has 1 aromatic rings. The molecule has 0 aromatic heterocycles. The van der Waals surface area contributed by atoms with Crippen LogP contribution in [-0.2, 0) is 12.0 Å². The van der Waals surface area contributed by atoms with Gasteiger partial charge in [-0.15, -0.1) is 0 Å². The van der Waals surface area contributed by atoms with E-state index in [0.29, 0.717) is 5.92 Å². The van der Waals surface area contributed by atoms with Crippen LogP contribution in [0.4, 0.5) is 0 Å². The molecule has 1 heteroatoms. The third-order valence-corrected chi connectivity index (χ3v) is 5.02.